The third-order valence-corrected chi connectivity index (χ3v) is 6.83. The van der Waals surface area contributed by atoms with Crippen LogP contribution in [0.3, 0.4) is 0 Å². The van der Waals surface area contributed by atoms with Gasteiger partial charge in [0.05, 0.1) is 25.3 Å². The lowest BCUT2D eigenvalue weighted by Crippen LogP contribution is -2.45. The van der Waals surface area contributed by atoms with E-state index in [1.807, 2.05) is 60.7 Å². The van der Waals surface area contributed by atoms with E-state index in [9.17, 15) is 0 Å². The van der Waals surface area contributed by atoms with Crippen molar-refractivity contribution < 1.29 is 9.26 Å². The highest BCUT2D eigenvalue weighted by molar-refractivity contribution is 7.80. The van der Waals surface area contributed by atoms with Crippen LogP contribution in [0, 0.1) is 0 Å². The van der Waals surface area contributed by atoms with Crippen LogP contribution < -0.4 is 10.1 Å². The molecule has 1 atom stereocenters. The third-order valence-electron chi connectivity index (χ3n) is 5.63. The van der Waals surface area contributed by atoms with Crippen LogP contribution in [0.2, 0.25) is 0 Å². The van der Waals surface area contributed by atoms with Gasteiger partial charge >= 0.3 is 0 Å². The summed E-state index contributed by atoms with van der Waals surface area (Å²) < 4.78 is 11.1. The number of hydrogen-bond acceptors (Lipinski definition) is 6. The molecule has 0 amide bonds. The Morgan fingerprint density at radius 2 is 1.88 bits per heavy atom. The number of thiophene rings is 1. The van der Waals surface area contributed by atoms with Crippen LogP contribution >= 0.6 is 23.6 Å². The largest absolute Gasteiger partial charge is 0.497 e. The van der Waals surface area contributed by atoms with Crippen LogP contribution in [-0.2, 0) is 6.54 Å². The Hall–Kier alpha value is -3.49. The van der Waals surface area contributed by atoms with Crippen molar-refractivity contribution in [3.05, 3.63) is 94.1 Å². The molecule has 0 saturated heterocycles. The first-order chi connectivity index (χ1) is 16.1. The quantitative estimate of drug-likeness (QED) is 0.361. The summed E-state index contributed by atoms with van der Waals surface area (Å²) in [6, 6.07) is 21.7. The molecule has 1 unspecified atom stereocenters. The molecule has 1 N–H and O–H groups in total. The zero-order chi connectivity index (χ0) is 22.8. The van der Waals surface area contributed by atoms with Gasteiger partial charge in [-0.2, -0.15) is 4.98 Å². The van der Waals surface area contributed by atoms with E-state index >= 15 is 0 Å². The first-order valence-corrected chi connectivity index (χ1v) is 11.8. The highest BCUT2D eigenvalue weighted by Crippen LogP contribution is 2.38. The fourth-order valence-corrected chi connectivity index (χ4v) is 4.90. The second kappa shape index (κ2) is 9.17. The zero-order valence-corrected chi connectivity index (χ0v) is 19.8. The maximum atomic E-state index is 5.79. The second-order valence-corrected chi connectivity index (χ2v) is 9.03. The van der Waals surface area contributed by atoms with Gasteiger partial charge in [-0.05, 0) is 48.3 Å². The van der Waals surface area contributed by atoms with Crippen molar-refractivity contribution in [1.29, 1.82) is 0 Å². The Morgan fingerprint density at radius 1 is 1.09 bits per heavy atom. The minimum absolute atomic E-state index is 0.230. The van der Waals surface area contributed by atoms with Gasteiger partial charge in [-0.25, -0.2) is 0 Å². The van der Waals surface area contributed by atoms with Gasteiger partial charge in [0.1, 0.15) is 5.75 Å². The van der Waals surface area contributed by atoms with Crippen LogP contribution in [0.5, 0.6) is 5.75 Å². The molecule has 1 aliphatic heterocycles. The standard InChI is InChI=1S/C25H22N4O2S2/c1-16-21(24-27-23(28-31-24)18-7-4-3-5-8-18)22(17-10-12-19(30-2)13-11-17)26-25(32)29(16)15-20-9-6-14-33-20/h3-14,22H,15H2,1-2H3,(H,26,32). The molecule has 0 bridgehead atoms. The molecule has 8 heteroatoms. The number of nitrogens with zero attached hydrogens (tertiary/aromatic N) is 3. The lowest BCUT2D eigenvalue weighted by Gasteiger charge is -2.37. The molecule has 3 heterocycles. The van der Waals surface area contributed by atoms with Crippen molar-refractivity contribution in [2.75, 3.05) is 7.11 Å². The molecule has 5 rings (SSSR count). The summed E-state index contributed by atoms with van der Waals surface area (Å²) in [6.07, 6.45) is 0. The normalized spacial score (nSPS) is 16.1. The molecule has 0 fully saturated rings. The SMILES string of the molecule is COc1ccc(C2NC(=S)N(Cc3cccs3)C(C)=C2c2nc(-c3ccccc3)no2)cc1. The first-order valence-electron chi connectivity index (χ1n) is 10.5. The van der Waals surface area contributed by atoms with E-state index < -0.39 is 0 Å². The van der Waals surface area contributed by atoms with E-state index in [2.05, 4.69) is 33.7 Å². The van der Waals surface area contributed by atoms with Gasteiger partial charge < -0.3 is 19.5 Å². The van der Waals surface area contributed by atoms with E-state index in [1.54, 1.807) is 18.4 Å². The number of ether oxygens (including phenoxy) is 1. The Bertz CT molecular complexity index is 1280. The Labute approximate surface area is 201 Å². The molecule has 0 radical (unpaired) electrons. The predicted molar refractivity (Wildman–Crippen MR) is 134 cm³/mol. The summed E-state index contributed by atoms with van der Waals surface area (Å²) in [7, 11) is 1.66. The van der Waals surface area contributed by atoms with Crippen LogP contribution in [0.15, 0.2) is 82.3 Å². The summed E-state index contributed by atoms with van der Waals surface area (Å²) in [6.45, 7) is 2.73. The Morgan fingerprint density at radius 3 is 2.58 bits per heavy atom. The maximum Gasteiger partial charge on any atom is 0.258 e. The Kier molecular flexibility index (Phi) is 5.93. The molecule has 1 aliphatic rings. The number of nitrogens with one attached hydrogen (secondary N) is 1. The molecular formula is C25H22N4O2S2. The molecule has 33 heavy (non-hydrogen) atoms. The maximum absolute atomic E-state index is 5.79. The number of hydrogen-bond donors (Lipinski definition) is 1. The van der Waals surface area contributed by atoms with E-state index in [-0.39, 0.29) is 6.04 Å². The summed E-state index contributed by atoms with van der Waals surface area (Å²) in [5, 5.41) is 10.5. The topological polar surface area (TPSA) is 63.4 Å². The average Bonchev–Trinajstić information content (AvgIpc) is 3.54. The summed E-state index contributed by atoms with van der Waals surface area (Å²) in [5.41, 5.74) is 3.82. The first kappa shape index (κ1) is 21.4. The highest BCUT2D eigenvalue weighted by Gasteiger charge is 2.34. The van der Waals surface area contributed by atoms with Gasteiger partial charge in [0.25, 0.3) is 5.89 Å². The van der Waals surface area contributed by atoms with Crippen molar-refractivity contribution in [3.63, 3.8) is 0 Å². The minimum Gasteiger partial charge on any atom is -0.497 e. The third kappa shape index (κ3) is 4.27. The number of allylic oxidation sites excluding steroid dienone is 1. The average molecular weight is 475 g/mol. The van der Waals surface area contributed by atoms with Gasteiger partial charge in [0, 0.05) is 16.1 Å². The highest BCUT2D eigenvalue weighted by atomic mass is 32.1. The van der Waals surface area contributed by atoms with E-state index in [4.69, 9.17) is 26.5 Å². The number of benzene rings is 2. The Balaban J connectivity index is 1.59. The molecule has 4 aromatic rings. The van der Waals surface area contributed by atoms with Crippen molar-refractivity contribution >= 4 is 34.2 Å². The number of thiocarbonyl (C=S) groups is 1. The molecule has 0 spiro atoms. The van der Waals surface area contributed by atoms with Crippen LogP contribution in [0.4, 0.5) is 0 Å². The molecule has 0 saturated carbocycles. The lowest BCUT2D eigenvalue weighted by molar-refractivity contribution is 0.396. The smallest absolute Gasteiger partial charge is 0.258 e. The molecular weight excluding hydrogens is 452 g/mol. The van der Waals surface area contributed by atoms with E-state index in [0.717, 1.165) is 28.1 Å². The van der Waals surface area contributed by atoms with Crippen LogP contribution in [0.25, 0.3) is 17.0 Å². The summed E-state index contributed by atoms with van der Waals surface area (Å²) >= 11 is 7.48. The van der Waals surface area contributed by atoms with Gasteiger partial charge in [-0.3, -0.25) is 0 Å². The van der Waals surface area contributed by atoms with Gasteiger partial charge in [0.15, 0.2) is 5.11 Å². The van der Waals surface area contributed by atoms with Crippen molar-refractivity contribution in [3.8, 4) is 17.1 Å². The molecule has 2 aromatic heterocycles. The van der Waals surface area contributed by atoms with Gasteiger partial charge in [-0.15, -0.1) is 11.3 Å². The van der Waals surface area contributed by atoms with Crippen LogP contribution in [-0.4, -0.2) is 27.3 Å². The summed E-state index contributed by atoms with van der Waals surface area (Å²) in [5.74, 6) is 1.82. The van der Waals surface area contributed by atoms with E-state index in [1.165, 1.54) is 4.88 Å². The van der Waals surface area contributed by atoms with E-state index in [0.29, 0.717) is 23.4 Å². The summed E-state index contributed by atoms with van der Waals surface area (Å²) in [4.78, 5) is 8.06. The lowest BCUT2D eigenvalue weighted by atomic mass is 9.94. The zero-order valence-electron chi connectivity index (χ0n) is 18.2. The van der Waals surface area contributed by atoms with Crippen molar-refractivity contribution in [2.45, 2.75) is 19.5 Å². The fraction of sp³-hybridized carbons (Fsp3) is 0.160. The predicted octanol–water partition coefficient (Wildman–Crippen LogP) is 5.67. The monoisotopic (exact) mass is 474 g/mol. The van der Waals surface area contributed by atoms with Crippen LogP contribution in [0.1, 0.15) is 29.3 Å². The molecule has 0 aliphatic carbocycles. The number of methoxy groups -OCH3 is 1. The second-order valence-electron chi connectivity index (χ2n) is 7.61. The fourth-order valence-electron chi connectivity index (χ4n) is 3.89. The number of aromatic nitrogens is 2. The minimum atomic E-state index is -0.230. The number of rotatable bonds is 6. The van der Waals surface area contributed by atoms with Gasteiger partial charge in [0.2, 0.25) is 5.82 Å². The van der Waals surface area contributed by atoms with Crippen molar-refractivity contribution in [2.24, 2.45) is 0 Å². The van der Waals surface area contributed by atoms with Crippen molar-refractivity contribution in [1.82, 2.24) is 20.4 Å². The molecule has 166 valence electrons. The molecule has 2 aromatic carbocycles. The van der Waals surface area contributed by atoms with Gasteiger partial charge in [-0.1, -0.05) is 53.7 Å². The molecule has 6 nitrogen and oxygen atoms in total.